The number of fused-ring (bicyclic) bond motifs is 4. The van der Waals surface area contributed by atoms with E-state index >= 15 is 0 Å². The highest BCUT2D eigenvalue weighted by Crippen LogP contribution is 2.44. The van der Waals surface area contributed by atoms with Crippen molar-refractivity contribution in [1.82, 2.24) is 9.88 Å². The molecule has 5 atom stereocenters. The second kappa shape index (κ2) is 9.59. The third kappa shape index (κ3) is 4.53. The molecule has 182 valence electrons. The van der Waals surface area contributed by atoms with Crippen LogP contribution in [0.25, 0.3) is 17.0 Å². The molecule has 4 heterocycles. The highest BCUT2D eigenvalue weighted by atomic mass is 32.2. The Morgan fingerprint density at radius 1 is 1.17 bits per heavy atom. The first-order valence-electron chi connectivity index (χ1n) is 12.2. The van der Waals surface area contributed by atoms with Gasteiger partial charge in [-0.05, 0) is 78.7 Å². The molecule has 0 spiro atoms. The molecule has 0 radical (unpaired) electrons. The van der Waals surface area contributed by atoms with Crippen molar-refractivity contribution in [2.45, 2.75) is 29.7 Å². The number of piperidine rings is 3. The van der Waals surface area contributed by atoms with E-state index in [4.69, 9.17) is 4.74 Å². The Labute approximate surface area is 208 Å². The summed E-state index contributed by atoms with van der Waals surface area (Å²) in [5.74, 6) is 1.61. The van der Waals surface area contributed by atoms with Crippen molar-refractivity contribution < 1.29 is 13.2 Å². The number of aromatic nitrogens is 1. The number of rotatable bonds is 8. The molecular formula is C29H32N2O3S. The predicted octanol–water partition coefficient (Wildman–Crippen LogP) is 5.34. The van der Waals surface area contributed by atoms with Crippen molar-refractivity contribution in [1.29, 1.82) is 0 Å². The lowest BCUT2D eigenvalue weighted by Crippen LogP contribution is -2.55. The predicted molar refractivity (Wildman–Crippen MR) is 141 cm³/mol. The average molecular weight is 489 g/mol. The van der Waals surface area contributed by atoms with E-state index in [0.29, 0.717) is 16.7 Å². The van der Waals surface area contributed by atoms with Gasteiger partial charge in [0.2, 0.25) is 0 Å². The zero-order valence-corrected chi connectivity index (χ0v) is 21.0. The normalized spacial score (nSPS) is 24.7. The smallest absolute Gasteiger partial charge is 0.179 e. The van der Waals surface area contributed by atoms with Gasteiger partial charge in [-0.1, -0.05) is 30.9 Å². The van der Waals surface area contributed by atoms with Crippen LogP contribution in [0.3, 0.4) is 0 Å². The van der Waals surface area contributed by atoms with Gasteiger partial charge in [0.15, 0.2) is 9.84 Å². The molecule has 0 saturated carbocycles. The number of benzene rings is 2. The summed E-state index contributed by atoms with van der Waals surface area (Å²) in [5, 5.41) is 0.956. The molecule has 2 aromatic carbocycles. The van der Waals surface area contributed by atoms with E-state index in [2.05, 4.69) is 29.1 Å². The summed E-state index contributed by atoms with van der Waals surface area (Å²) in [7, 11) is -1.89. The van der Waals surface area contributed by atoms with Gasteiger partial charge < -0.3 is 4.74 Å². The van der Waals surface area contributed by atoms with Gasteiger partial charge in [0.25, 0.3) is 0 Å². The van der Waals surface area contributed by atoms with Gasteiger partial charge in [-0.15, -0.1) is 6.58 Å². The first kappa shape index (κ1) is 23.8. The molecule has 0 N–H and O–H groups in total. The van der Waals surface area contributed by atoms with Gasteiger partial charge in [0.05, 0.1) is 23.3 Å². The number of sulfone groups is 1. The molecule has 0 aliphatic carbocycles. The molecule has 6 rings (SSSR count). The third-order valence-electron chi connectivity index (χ3n) is 7.87. The molecule has 3 aromatic rings. The summed E-state index contributed by atoms with van der Waals surface area (Å²) in [6, 6.07) is 15.0. The van der Waals surface area contributed by atoms with E-state index in [9.17, 15) is 8.42 Å². The summed E-state index contributed by atoms with van der Waals surface area (Å²) >= 11 is 0. The molecule has 35 heavy (non-hydrogen) atoms. The fourth-order valence-corrected chi connectivity index (χ4v) is 7.56. The lowest BCUT2D eigenvalue weighted by molar-refractivity contribution is 0.00969. The monoisotopic (exact) mass is 488 g/mol. The van der Waals surface area contributed by atoms with E-state index < -0.39 is 9.84 Å². The van der Waals surface area contributed by atoms with Gasteiger partial charge in [-0.25, -0.2) is 8.42 Å². The minimum Gasteiger partial charge on any atom is -0.497 e. The average Bonchev–Trinajstić information content (AvgIpc) is 2.91. The van der Waals surface area contributed by atoms with Crippen molar-refractivity contribution in [3.05, 3.63) is 85.1 Å². The number of pyridine rings is 1. The molecule has 3 aliphatic heterocycles. The van der Waals surface area contributed by atoms with E-state index in [-0.39, 0.29) is 17.7 Å². The summed E-state index contributed by atoms with van der Waals surface area (Å²) in [4.78, 5) is 7.39. The van der Waals surface area contributed by atoms with E-state index in [1.54, 1.807) is 31.5 Å². The van der Waals surface area contributed by atoms with Gasteiger partial charge in [0.1, 0.15) is 5.75 Å². The second-order valence-electron chi connectivity index (χ2n) is 9.69. The van der Waals surface area contributed by atoms with Gasteiger partial charge >= 0.3 is 0 Å². The Morgan fingerprint density at radius 2 is 1.97 bits per heavy atom. The molecule has 3 unspecified atom stereocenters. The van der Waals surface area contributed by atoms with Gasteiger partial charge in [-0.3, -0.25) is 9.88 Å². The molecule has 3 aliphatic rings. The second-order valence-corrected chi connectivity index (χ2v) is 11.7. The van der Waals surface area contributed by atoms with Crippen LogP contribution >= 0.6 is 0 Å². The maximum atomic E-state index is 13.7. The summed E-state index contributed by atoms with van der Waals surface area (Å²) in [6.07, 6.45) is 7.71. The zero-order valence-electron chi connectivity index (χ0n) is 20.1. The van der Waals surface area contributed by atoms with Crippen LogP contribution < -0.4 is 4.74 Å². The number of ether oxygens (including phenoxy) is 1. The summed E-state index contributed by atoms with van der Waals surface area (Å²) in [5.41, 5.74) is 2.77. The molecule has 3 fully saturated rings. The number of hydrogen-bond acceptors (Lipinski definition) is 5. The molecule has 0 amide bonds. The molecule has 6 heteroatoms. The first-order valence-corrected chi connectivity index (χ1v) is 13.8. The van der Waals surface area contributed by atoms with Gasteiger partial charge in [0, 0.05) is 30.1 Å². The van der Waals surface area contributed by atoms with Crippen LogP contribution in [0.1, 0.15) is 29.9 Å². The summed E-state index contributed by atoms with van der Waals surface area (Å²) < 4.78 is 33.0. The lowest BCUT2D eigenvalue weighted by Gasteiger charge is -2.51. The highest BCUT2D eigenvalue weighted by Gasteiger charge is 2.44. The number of hydrogen-bond donors (Lipinski definition) is 0. The van der Waals surface area contributed by atoms with Crippen molar-refractivity contribution in [2.24, 2.45) is 11.8 Å². The fourth-order valence-electron chi connectivity index (χ4n) is 5.94. The Balaban J connectivity index is 1.60. The SMILES string of the molecule is C=Cc1ccc(S(=O)(=O)C[C@@H](c2ccnc3ccc(OC)cc23)[C@@H]2CC3CCN2CC3C=C)cc1. The minimum absolute atomic E-state index is 0.0450. The largest absolute Gasteiger partial charge is 0.497 e. The van der Waals surface area contributed by atoms with Crippen LogP contribution in [0.2, 0.25) is 0 Å². The van der Waals surface area contributed by atoms with Crippen LogP contribution in [0.15, 0.2) is 78.9 Å². The number of nitrogens with zero attached hydrogens (tertiary/aromatic N) is 2. The number of methoxy groups -OCH3 is 1. The maximum Gasteiger partial charge on any atom is 0.179 e. The minimum atomic E-state index is -3.53. The summed E-state index contributed by atoms with van der Waals surface area (Å²) in [6.45, 7) is 9.76. The van der Waals surface area contributed by atoms with Gasteiger partial charge in [-0.2, -0.15) is 0 Å². The standard InChI is InChI=1S/C29H32N2O3S/c1-4-20-6-9-24(10-7-20)35(32,33)19-27(29-16-22-13-15-31(29)18-21(22)5-2)25-12-14-30-28-11-8-23(34-3)17-26(25)28/h4-12,14,17,21-22,27,29H,1-2,13,15-16,18-19H2,3H3/t21?,22?,27-,29-/m0/s1. The van der Waals surface area contributed by atoms with Crippen LogP contribution in [0.4, 0.5) is 0 Å². The van der Waals surface area contributed by atoms with Crippen LogP contribution in [-0.4, -0.2) is 50.3 Å². The topological polar surface area (TPSA) is 59.5 Å². The Kier molecular flexibility index (Phi) is 6.51. The molecule has 5 nitrogen and oxygen atoms in total. The zero-order chi connectivity index (χ0) is 24.6. The van der Waals surface area contributed by atoms with Crippen molar-refractivity contribution in [2.75, 3.05) is 26.0 Å². The van der Waals surface area contributed by atoms with Crippen molar-refractivity contribution >= 4 is 26.8 Å². The third-order valence-corrected chi connectivity index (χ3v) is 9.66. The van der Waals surface area contributed by atoms with Crippen LogP contribution in [0, 0.1) is 11.8 Å². The Morgan fingerprint density at radius 3 is 2.63 bits per heavy atom. The maximum absolute atomic E-state index is 13.7. The Bertz CT molecular complexity index is 1350. The van der Waals surface area contributed by atoms with Crippen LogP contribution in [0.5, 0.6) is 5.75 Å². The molecule has 3 saturated heterocycles. The van der Waals surface area contributed by atoms with Crippen molar-refractivity contribution in [3.8, 4) is 5.75 Å². The molecular weight excluding hydrogens is 456 g/mol. The quantitative estimate of drug-likeness (QED) is 0.401. The highest BCUT2D eigenvalue weighted by molar-refractivity contribution is 7.91. The fraction of sp³-hybridized carbons (Fsp3) is 0.345. The van der Waals surface area contributed by atoms with Crippen LogP contribution in [-0.2, 0) is 9.84 Å². The first-order chi connectivity index (χ1) is 16.9. The Hall–Kier alpha value is -2.96. The lowest BCUT2D eigenvalue weighted by atomic mass is 9.71. The van der Waals surface area contributed by atoms with Crippen molar-refractivity contribution in [3.63, 3.8) is 0 Å². The molecule has 1 aromatic heterocycles. The molecule has 2 bridgehead atoms. The van der Waals surface area contributed by atoms with E-state index in [1.807, 2.05) is 36.4 Å². The van der Waals surface area contributed by atoms with E-state index in [1.165, 1.54) is 0 Å². The van der Waals surface area contributed by atoms with E-state index in [0.717, 1.165) is 53.7 Å².